The van der Waals surface area contributed by atoms with Crippen LogP contribution in [0.25, 0.3) is 0 Å². The molecule has 1 saturated heterocycles. The maximum Gasteiger partial charge on any atom is 0.407 e. The molecule has 0 aromatic heterocycles. The smallest absolute Gasteiger partial charge is 0.407 e. The van der Waals surface area contributed by atoms with Crippen LogP contribution in [0.1, 0.15) is 46.5 Å². The van der Waals surface area contributed by atoms with Crippen LogP contribution in [0.3, 0.4) is 0 Å². The molecule has 21 heavy (non-hydrogen) atoms. The SMILES string of the molecule is CC(C)(C)OC(=O)NCCC(=O)N[C@H]1CCCCNC1=O. The lowest BCUT2D eigenvalue weighted by Gasteiger charge is -2.19. The maximum atomic E-state index is 11.8. The Balaban J connectivity index is 2.24. The standard InChI is InChI=1S/C14H25N3O4/c1-14(2,3)21-13(20)16-9-7-11(18)17-10-6-4-5-8-15-12(10)19/h10H,4-9H2,1-3H3,(H,15,19)(H,16,20)(H,17,18)/t10-/m0/s1. The first-order valence-corrected chi connectivity index (χ1v) is 7.32. The van der Waals surface area contributed by atoms with Crippen molar-refractivity contribution in [3.63, 3.8) is 0 Å². The molecule has 7 heteroatoms. The van der Waals surface area contributed by atoms with Gasteiger partial charge in [-0.15, -0.1) is 0 Å². The average Bonchev–Trinajstić information content (AvgIpc) is 2.52. The molecule has 3 amide bonds. The van der Waals surface area contributed by atoms with Gasteiger partial charge in [0.15, 0.2) is 0 Å². The van der Waals surface area contributed by atoms with E-state index in [0.29, 0.717) is 13.0 Å². The molecule has 0 aromatic carbocycles. The fourth-order valence-electron chi connectivity index (χ4n) is 1.94. The van der Waals surface area contributed by atoms with Crippen molar-refractivity contribution in [2.75, 3.05) is 13.1 Å². The van der Waals surface area contributed by atoms with Crippen molar-refractivity contribution in [1.29, 1.82) is 0 Å². The van der Waals surface area contributed by atoms with Gasteiger partial charge in [0.25, 0.3) is 0 Å². The monoisotopic (exact) mass is 299 g/mol. The van der Waals surface area contributed by atoms with Crippen molar-refractivity contribution in [3.8, 4) is 0 Å². The highest BCUT2D eigenvalue weighted by Crippen LogP contribution is 2.07. The van der Waals surface area contributed by atoms with E-state index in [9.17, 15) is 14.4 Å². The summed E-state index contributed by atoms with van der Waals surface area (Å²) in [5.74, 6) is -0.394. The van der Waals surface area contributed by atoms with E-state index in [1.807, 2.05) is 0 Å². The van der Waals surface area contributed by atoms with Gasteiger partial charge in [-0.1, -0.05) is 0 Å². The van der Waals surface area contributed by atoms with Crippen molar-refractivity contribution >= 4 is 17.9 Å². The zero-order chi connectivity index (χ0) is 15.9. The van der Waals surface area contributed by atoms with Crippen LogP contribution in [0.2, 0.25) is 0 Å². The number of carbonyl (C=O) groups is 3. The van der Waals surface area contributed by atoms with Gasteiger partial charge in [0.05, 0.1) is 0 Å². The fourth-order valence-corrected chi connectivity index (χ4v) is 1.94. The summed E-state index contributed by atoms with van der Waals surface area (Å²) in [6.45, 7) is 6.14. The number of nitrogens with one attached hydrogen (secondary N) is 3. The highest BCUT2D eigenvalue weighted by Gasteiger charge is 2.22. The molecule has 3 N–H and O–H groups in total. The zero-order valence-corrected chi connectivity index (χ0v) is 13.0. The Hall–Kier alpha value is -1.79. The topological polar surface area (TPSA) is 96.5 Å². The molecule has 0 radical (unpaired) electrons. The minimum Gasteiger partial charge on any atom is -0.444 e. The average molecular weight is 299 g/mol. The van der Waals surface area contributed by atoms with Gasteiger partial charge >= 0.3 is 6.09 Å². The molecule has 1 rings (SSSR count). The first kappa shape index (κ1) is 17.3. The third kappa shape index (κ3) is 7.53. The number of hydrogen-bond donors (Lipinski definition) is 3. The Kier molecular flexibility index (Phi) is 6.45. The summed E-state index contributed by atoms with van der Waals surface area (Å²) in [7, 11) is 0. The van der Waals surface area contributed by atoms with Gasteiger partial charge in [0.2, 0.25) is 11.8 Å². The van der Waals surface area contributed by atoms with Crippen LogP contribution in [-0.4, -0.2) is 42.6 Å². The van der Waals surface area contributed by atoms with Gasteiger partial charge in [-0.2, -0.15) is 0 Å². The molecule has 0 unspecified atom stereocenters. The number of ether oxygens (including phenoxy) is 1. The van der Waals surface area contributed by atoms with Crippen molar-refractivity contribution in [3.05, 3.63) is 0 Å². The Morgan fingerprint density at radius 2 is 2.05 bits per heavy atom. The summed E-state index contributed by atoms with van der Waals surface area (Å²) in [4.78, 5) is 34.8. The van der Waals surface area contributed by atoms with Crippen LogP contribution in [0.15, 0.2) is 0 Å². The van der Waals surface area contributed by atoms with Gasteiger partial charge in [0.1, 0.15) is 11.6 Å². The van der Waals surface area contributed by atoms with Crippen LogP contribution in [0, 0.1) is 0 Å². The van der Waals surface area contributed by atoms with Crippen molar-refractivity contribution in [2.24, 2.45) is 0 Å². The largest absolute Gasteiger partial charge is 0.444 e. The summed E-state index contributed by atoms with van der Waals surface area (Å²) in [6, 6.07) is -0.471. The minimum atomic E-state index is -0.565. The second-order valence-corrected chi connectivity index (χ2v) is 6.09. The lowest BCUT2D eigenvalue weighted by molar-refractivity contribution is -0.128. The molecule has 1 fully saturated rings. The van der Waals surface area contributed by atoms with Crippen molar-refractivity contribution < 1.29 is 19.1 Å². The predicted octanol–water partition coefficient (Wildman–Crippen LogP) is 0.686. The maximum absolute atomic E-state index is 11.8. The van der Waals surface area contributed by atoms with Crippen LogP contribution < -0.4 is 16.0 Å². The lowest BCUT2D eigenvalue weighted by Crippen LogP contribution is -2.46. The number of alkyl carbamates (subject to hydrolysis) is 1. The summed E-state index contributed by atoms with van der Waals surface area (Å²) in [5.41, 5.74) is -0.565. The van der Waals surface area contributed by atoms with Crippen LogP contribution in [0.4, 0.5) is 4.79 Å². The highest BCUT2D eigenvalue weighted by atomic mass is 16.6. The summed E-state index contributed by atoms with van der Waals surface area (Å²) in [5, 5.41) is 7.95. The molecule has 7 nitrogen and oxygen atoms in total. The van der Waals surface area contributed by atoms with E-state index in [2.05, 4.69) is 16.0 Å². The molecule has 0 bridgehead atoms. The highest BCUT2D eigenvalue weighted by molar-refractivity contribution is 5.87. The third-order valence-electron chi connectivity index (χ3n) is 2.89. The molecule has 1 heterocycles. The summed E-state index contributed by atoms with van der Waals surface area (Å²) in [6.07, 6.45) is 2.04. The number of rotatable bonds is 4. The molecule has 0 aliphatic carbocycles. The van der Waals surface area contributed by atoms with Crippen molar-refractivity contribution in [2.45, 2.75) is 58.1 Å². The van der Waals surface area contributed by atoms with E-state index < -0.39 is 17.7 Å². The molecule has 1 aliphatic rings. The van der Waals surface area contributed by atoms with E-state index >= 15 is 0 Å². The molecular formula is C14H25N3O4. The van der Waals surface area contributed by atoms with Crippen LogP contribution >= 0.6 is 0 Å². The van der Waals surface area contributed by atoms with Gasteiger partial charge < -0.3 is 20.7 Å². The normalized spacial score (nSPS) is 19.2. The molecule has 120 valence electrons. The first-order valence-electron chi connectivity index (χ1n) is 7.32. The summed E-state index contributed by atoms with van der Waals surface area (Å²) < 4.78 is 5.06. The predicted molar refractivity (Wildman–Crippen MR) is 77.6 cm³/mol. The van der Waals surface area contributed by atoms with E-state index in [0.717, 1.165) is 12.8 Å². The van der Waals surface area contributed by atoms with Gasteiger partial charge in [-0.25, -0.2) is 4.79 Å². The van der Waals surface area contributed by atoms with Gasteiger partial charge in [-0.3, -0.25) is 9.59 Å². The molecular weight excluding hydrogens is 274 g/mol. The lowest BCUT2D eigenvalue weighted by atomic mass is 10.1. The Labute approximate surface area is 125 Å². The number of hydrogen-bond acceptors (Lipinski definition) is 4. The third-order valence-corrected chi connectivity index (χ3v) is 2.89. The molecule has 0 spiro atoms. The van der Waals surface area contributed by atoms with E-state index in [1.54, 1.807) is 20.8 Å². The van der Waals surface area contributed by atoms with E-state index in [-0.39, 0.29) is 24.8 Å². The van der Waals surface area contributed by atoms with Gasteiger partial charge in [0, 0.05) is 19.5 Å². The first-order chi connectivity index (χ1) is 9.78. The number of amides is 3. The molecule has 1 atom stereocenters. The molecule has 0 aromatic rings. The quantitative estimate of drug-likeness (QED) is 0.711. The molecule has 0 saturated carbocycles. The van der Waals surface area contributed by atoms with E-state index in [1.165, 1.54) is 0 Å². The fraction of sp³-hybridized carbons (Fsp3) is 0.786. The van der Waals surface area contributed by atoms with Crippen LogP contribution in [-0.2, 0) is 14.3 Å². The van der Waals surface area contributed by atoms with E-state index in [4.69, 9.17) is 4.74 Å². The summed E-state index contributed by atoms with van der Waals surface area (Å²) >= 11 is 0. The Morgan fingerprint density at radius 3 is 2.71 bits per heavy atom. The minimum absolute atomic E-state index is 0.114. The Morgan fingerprint density at radius 1 is 1.33 bits per heavy atom. The zero-order valence-electron chi connectivity index (χ0n) is 13.0. The second-order valence-electron chi connectivity index (χ2n) is 6.09. The Bertz CT molecular complexity index is 390. The van der Waals surface area contributed by atoms with Crippen molar-refractivity contribution in [1.82, 2.24) is 16.0 Å². The number of carbonyl (C=O) groups excluding carboxylic acids is 3. The van der Waals surface area contributed by atoms with Crippen LogP contribution in [0.5, 0.6) is 0 Å². The molecule has 1 aliphatic heterocycles. The van der Waals surface area contributed by atoms with Gasteiger partial charge in [-0.05, 0) is 40.0 Å². The second kappa shape index (κ2) is 7.85.